The predicted molar refractivity (Wildman–Crippen MR) is 79.8 cm³/mol. The van der Waals surface area contributed by atoms with Gasteiger partial charge in [0.15, 0.2) is 5.78 Å². The zero-order chi connectivity index (χ0) is 13.8. The van der Waals surface area contributed by atoms with Crippen molar-refractivity contribution in [2.24, 2.45) is 0 Å². The molecule has 0 aliphatic carbocycles. The lowest BCUT2D eigenvalue weighted by Gasteiger charge is -2.10. The van der Waals surface area contributed by atoms with E-state index in [0.29, 0.717) is 11.3 Å². The molecule has 0 heterocycles. The monoisotopic (exact) mass is 319 g/mol. The molecule has 0 saturated carbocycles. The number of nitrogens with one attached hydrogen (secondary N) is 1. The molecule has 0 aliphatic heterocycles. The van der Waals surface area contributed by atoms with Crippen LogP contribution >= 0.6 is 15.9 Å². The number of anilines is 1. The van der Waals surface area contributed by atoms with E-state index in [2.05, 4.69) is 21.2 Å². The van der Waals surface area contributed by atoms with E-state index < -0.39 is 0 Å². The van der Waals surface area contributed by atoms with E-state index >= 15 is 0 Å². The fourth-order valence-corrected chi connectivity index (χ4v) is 2.18. The van der Waals surface area contributed by atoms with Crippen molar-refractivity contribution in [2.45, 2.75) is 6.42 Å². The van der Waals surface area contributed by atoms with Gasteiger partial charge < -0.3 is 10.4 Å². The summed E-state index contributed by atoms with van der Waals surface area (Å²) >= 11 is 3.36. The van der Waals surface area contributed by atoms with E-state index in [-0.39, 0.29) is 18.0 Å². The Kier molecular flexibility index (Phi) is 4.22. The molecule has 0 spiro atoms. The van der Waals surface area contributed by atoms with Gasteiger partial charge in [0, 0.05) is 23.6 Å². The van der Waals surface area contributed by atoms with Crippen molar-refractivity contribution in [3.05, 3.63) is 58.1 Å². The van der Waals surface area contributed by atoms with Gasteiger partial charge in [-0.25, -0.2) is 0 Å². The van der Waals surface area contributed by atoms with Crippen molar-refractivity contribution in [1.29, 1.82) is 0 Å². The summed E-state index contributed by atoms with van der Waals surface area (Å²) < 4.78 is 0.974. The second kappa shape index (κ2) is 5.89. The van der Waals surface area contributed by atoms with Gasteiger partial charge in [0.2, 0.25) is 0 Å². The minimum absolute atomic E-state index is 0.00830. The van der Waals surface area contributed by atoms with Crippen LogP contribution in [0.4, 0.5) is 5.69 Å². The van der Waals surface area contributed by atoms with Crippen molar-refractivity contribution in [2.75, 3.05) is 12.4 Å². The van der Waals surface area contributed by atoms with Crippen molar-refractivity contribution in [3.63, 3.8) is 0 Å². The van der Waals surface area contributed by atoms with Gasteiger partial charge >= 0.3 is 0 Å². The standard InChI is InChI=1S/C15H14BrNO2/c1-17-12-3-2-4-13(18)15(12)14(19)9-10-5-7-11(16)8-6-10/h2-8,17-18H,9H2,1H3. The first kappa shape index (κ1) is 13.6. The number of rotatable bonds is 4. The van der Waals surface area contributed by atoms with Crippen LogP contribution in [0.1, 0.15) is 15.9 Å². The number of halogens is 1. The molecule has 0 atom stereocenters. The Morgan fingerprint density at radius 1 is 1.21 bits per heavy atom. The van der Waals surface area contributed by atoms with Crippen LogP contribution in [0.3, 0.4) is 0 Å². The first-order chi connectivity index (χ1) is 9.11. The number of phenolic OH excluding ortho intramolecular Hbond substituents is 1. The molecule has 0 aliphatic rings. The average molecular weight is 320 g/mol. The number of aromatic hydroxyl groups is 1. The Morgan fingerprint density at radius 3 is 2.53 bits per heavy atom. The third-order valence-corrected chi connectivity index (χ3v) is 3.40. The highest BCUT2D eigenvalue weighted by atomic mass is 79.9. The van der Waals surface area contributed by atoms with Crippen LogP contribution in [-0.2, 0) is 6.42 Å². The highest BCUT2D eigenvalue weighted by Crippen LogP contribution is 2.26. The third kappa shape index (κ3) is 3.15. The molecule has 4 heteroatoms. The lowest BCUT2D eigenvalue weighted by molar-refractivity contribution is 0.0991. The molecular weight excluding hydrogens is 306 g/mol. The van der Waals surface area contributed by atoms with Crippen LogP contribution in [0.5, 0.6) is 5.75 Å². The van der Waals surface area contributed by atoms with E-state index in [0.717, 1.165) is 10.0 Å². The van der Waals surface area contributed by atoms with Crippen LogP contribution in [0.2, 0.25) is 0 Å². The van der Waals surface area contributed by atoms with Gasteiger partial charge in [0.25, 0.3) is 0 Å². The molecule has 0 fully saturated rings. The Labute approximate surface area is 120 Å². The van der Waals surface area contributed by atoms with Gasteiger partial charge in [-0.2, -0.15) is 0 Å². The second-order valence-corrected chi connectivity index (χ2v) is 5.09. The number of Topliss-reactive ketones (excluding diaryl/α,β-unsaturated/α-hetero) is 1. The summed E-state index contributed by atoms with van der Waals surface area (Å²) in [6.07, 6.45) is 0.263. The highest BCUT2D eigenvalue weighted by Gasteiger charge is 2.15. The largest absolute Gasteiger partial charge is 0.507 e. The lowest BCUT2D eigenvalue weighted by Crippen LogP contribution is -2.07. The Balaban J connectivity index is 2.27. The number of hydrogen-bond donors (Lipinski definition) is 2. The molecule has 2 aromatic rings. The van der Waals surface area contributed by atoms with Gasteiger partial charge in [0.1, 0.15) is 5.75 Å². The number of hydrogen-bond acceptors (Lipinski definition) is 3. The topological polar surface area (TPSA) is 49.3 Å². The predicted octanol–water partition coefficient (Wildman–Crippen LogP) is 3.62. The zero-order valence-electron chi connectivity index (χ0n) is 10.5. The smallest absolute Gasteiger partial charge is 0.173 e. The second-order valence-electron chi connectivity index (χ2n) is 4.18. The van der Waals surface area contributed by atoms with Crippen LogP contribution < -0.4 is 5.32 Å². The Hall–Kier alpha value is -1.81. The van der Waals surface area contributed by atoms with Gasteiger partial charge in [-0.15, -0.1) is 0 Å². The van der Waals surface area contributed by atoms with Crippen LogP contribution in [-0.4, -0.2) is 17.9 Å². The summed E-state index contributed by atoms with van der Waals surface area (Å²) in [4.78, 5) is 12.3. The number of carbonyl (C=O) groups excluding carboxylic acids is 1. The molecule has 0 unspecified atom stereocenters. The summed E-state index contributed by atoms with van der Waals surface area (Å²) in [7, 11) is 1.73. The summed E-state index contributed by atoms with van der Waals surface area (Å²) in [5.74, 6) is -0.0984. The zero-order valence-corrected chi connectivity index (χ0v) is 12.1. The molecule has 0 amide bonds. The maximum atomic E-state index is 12.3. The number of phenols is 1. The molecule has 0 saturated heterocycles. The first-order valence-electron chi connectivity index (χ1n) is 5.89. The Morgan fingerprint density at radius 2 is 1.89 bits per heavy atom. The van der Waals surface area contributed by atoms with E-state index in [1.165, 1.54) is 6.07 Å². The van der Waals surface area contributed by atoms with Crippen molar-refractivity contribution in [3.8, 4) is 5.75 Å². The number of ketones is 1. The maximum Gasteiger partial charge on any atom is 0.173 e. The van der Waals surface area contributed by atoms with Gasteiger partial charge in [-0.3, -0.25) is 4.79 Å². The van der Waals surface area contributed by atoms with Gasteiger partial charge in [-0.1, -0.05) is 34.1 Å². The van der Waals surface area contributed by atoms with Gasteiger partial charge in [-0.05, 0) is 29.8 Å². The quantitative estimate of drug-likeness (QED) is 0.846. The third-order valence-electron chi connectivity index (χ3n) is 2.87. The molecule has 19 heavy (non-hydrogen) atoms. The van der Waals surface area contributed by atoms with E-state index in [4.69, 9.17) is 0 Å². The van der Waals surface area contributed by atoms with Crippen LogP contribution in [0.25, 0.3) is 0 Å². The van der Waals surface area contributed by atoms with Crippen molar-refractivity contribution < 1.29 is 9.90 Å². The summed E-state index contributed by atoms with van der Waals surface area (Å²) in [6.45, 7) is 0. The van der Waals surface area contributed by atoms with Crippen molar-refractivity contribution in [1.82, 2.24) is 0 Å². The molecule has 2 N–H and O–H groups in total. The van der Waals surface area contributed by atoms with Crippen LogP contribution in [0, 0.1) is 0 Å². The molecule has 3 nitrogen and oxygen atoms in total. The molecule has 0 aromatic heterocycles. The van der Waals surface area contributed by atoms with Crippen molar-refractivity contribution >= 4 is 27.4 Å². The van der Waals surface area contributed by atoms with Crippen LogP contribution in [0.15, 0.2) is 46.9 Å². The minimum Gasteiger partial charge on any atom is -0.507 e. The lowest BCUT2D eigenvalue weighted by atomic mass is 10.0. The molecule has 2 aromatic carbocycles. The summed E-state index contributed by atoms with van der Waals surface area (Å²) in [5, 5.41) is 12.8. The number of benzene rings is 2. The minimum atomic E-state index is -0.107. The SMILES string of the molecule is CNc1cccc(O)c1C(=O)Cc1ccc(Br)cc1. The average Bonchev–Trinajstić information content (AvgIpc) is 2.40. The van der Waals surface area contributed by atoms with E-state index in [1.807, 2.05) is 24.3 Å². The molecule has 98 valence electrons. The molecule has 0 bridgehead atoms. The fourth-order valence-electron chi connectivity index (χ4n) is 1.92. The van der Waals surface area contributed by atoms with Gasteiger partial charge in [0.05, 0.1) is 5.56 Å². The molecule has 0 radical (unpaired) electrons. The normalized spacial score (nSPS) is 10.2. The number of carbonyl (C=O) groups is 1. The van der Waals surface area contributed by atoms with E-state index in [9.17, 15) is 9.90 Å². The first-order valence-corrected chi connectivity index (χ1v) is 6.68. The summed E-state index contributed by atoms with van der Waals surface area (Å²) in [5.41, 5.74) is 1.90. The maximum absolute atomic E-state index is 12.3. The fraction of sp³-hybridized carbons (Fsp3) is 0.133. The molecular formula is C15H14BrNO2. The molecule has 2 rings (SSSR count). The summed E-state index contributed by atoms with van der Waals surface area (Å²) in [6, 6.07) is 12.6. The van der Waals surface area contributed by atoms with E-state index in [1.54, 1.807) is 19.2 Å². The Bertz CT molecular complexity index is 594. The highest BCUT2D eigenvalue weighted by molar-refractivity contribution is 9.10.